The molecule has 0 unspecified atom stereocenters. The number of rotatable bonds is 5. The van der Waals surface area contributed by atoms with Crippen LogP contribution < -0.4 is 15.4 Å². The second-order valence-corrected chi connectivity index (χ2v) is 6.47. The molecule has 1 aromatic heterocycles. The molecule has 118 valence electrons. The van der Waals surface area contributed by atoms with Gasteiger partial charge in [-0.1, -0.05) is 6.07 Å². The van der Waals surface area contributed by atoms with E-state index in [2.05, 4.69) is 39.4 Å². The molecule has 4 nitrogen and oxygen atoms in total. The standard InChI is InChI=1S/C17H23N3OS/c1-21-15-6-4-14(5-7-15)19-8-10-20(11-9-19)16(13-18)17-3-2-12-22-17/h2-7,12,16H,8-11,13,18H2,1H3/t16-/m0/s1. The molecular formula is C17H23N3OS. The fourth-order valence-corrected chi connectivity index (χ4v) is 3.88. The summed E-state index contributed by atoms with van der Waals surface area (Å²) in [5, 5.41) is 2.13. The van der Waals surface area contributed by atoms with Crippen LogP contribution in [0.3, 0.4) is 0 Å². The number of anilines is 1. The number of hydrogen-bond acceptors (Lipinski definition) is 5. The summed E-state index contributed by atoms with van der Waals surface area (Å²) >= 11 is 1.80. The zero-order valence-corrected chi connectivity index (χ0v) is 13.8. The van der Waals surface area contributed by atoms with Gasteiger partial charge < -0.3 is 15.4 Å². The molecule has 2 N–H and O–H groups in total. The van der Waals surface area contributed by atoms with Gasteiger partial charge in [-0.05, 0) is 35.7 Å². The molecule has 1 fully saturated rings. The van der Waals surface area contributed by atoms with E-state index < -0.39 is 0 Å². The van der Waals surface area contributed by atoms with Gasteiger partial charge in [-0.25, -0.2) is 0 Å². The van der Waals surface area contributed by atoms with Gasteiger partial charge >= 0.3 is 0 Å². The Morgan fingerprint density at radius 2 is 1.86 bits per heavy atom. The minimum atomic E-state index is 0.359. The lowest BCUT2D eigenvalue weighted by Gasteiger charge is -2.39. The average molecular weight is 317 g/mol. The van der Waals surface area contributed by atoms with Gasteiger partial charge in [-0.3, -0.25) is 4.90 Å². The Balaban J connectivity index is 1.61. The minimum absolute atomic E-state index is 0.359. The van der Waals surface area contributed by atoms with Gasteiger partial charge in [0, 0.05) is 43.3 Å². The van der Waals surface area contributed by atoms with Gasteiger partial charge in [0.15, 0.2) is 0 Å². The Morgan fingerprint density at radius 3 is 2.41 bits per heavy atom. The van der Waals surface area contributed by atoms with Crippen molar-refractivity contribution >= 4 is 17.0 Å². The fourth-order valence-electron chi connectivity index (χ4n) is 3.01. The van der Waals surface area contributed by atoms with E-state index in [0.717, 1.165) is 31.9 Å². The maximum atomic E-state index is 6.01. The van der Waals surface area contributed by atoms with Crippen LogP contribution in [0.2, 0.25) is 0 Å². The van der Waals surface area contributed by atoms with Crippen molar-refractivity contribution in [1.82, 2.24) is 4.90 Å². The maximum Gasteiger partial charge on any atom is 0.119 e. The van der Waals surface area contributed by atoms with Crippen LogP contribution in [0, 0.1) is 0 Å². The highest BCUT2D eigenvalue weighted by molar-refractivity contribution is 7.10. The van der Waals surface area contributed by atoms with Gasteiger partial charge in [0.2, 0.25) is 0 Å². The smallest absolute Gasteiger partial charge is 0.119 e. The number of nitrogens with two attached hydrogens (primary N) is 1. The summed E-state index contributed by atoms with van der Waals surface area (Å²) in [7, 11) is 1.70. The second kappa shape index (κ2) is 7.13. The minimum Gasteiger partial charge on any atom is -0.497 e. The first kappa shape index (κ1) is 15.3. The Hall–Kier alpha value is -1.56. The summed E-state index contributed by atoms with van der Waals surface area (Å²) < 4.78 is 5.22. The van der Waals surface area contributed by atoms with E-state index in [4.69, 9.17) is 10.5 Å². The highest BCUT2D eigenvalue weighted by Crippen LogP contribution is 2.27. The molecule has 2 aromatic rings. The number of benzene rings is 1. The van der Waals surface area contributed by atoms with Crippen molar-refractivity contribution in [3.05, 3.63) is 46.7 Å². The van der Waals surface area contributed by atoms with Gasteiger partial charge in [-0.2, -0.15) is 0 Å². The zero-order chi connectivity index (χ0) is 15.4. The van der Waals surface area contributed by atoms with Crippen LogP contribution in [0.25, 0.3) is 0 Å². The van der Waals surface area contributed by atoms with Gasteiger partial charge in [0.1, 0.15) is 5.75 Å². The molecule has 0 aliphatic carbocycles. The number of piperazine rings is 1. The Morgan fingerprint density at radius 1 is 1.14 bits per heavy atom. The first-order valence-corrected chi connectivity index (χ1v) is 8.56. The van der Waals surface area contributed by atoms with E-state index >= 15 is 0 Å². The van der Waals surface area contributed by atoms with Crippen LogP contribution in [0.1, 0.15) is 10.9 Å². The monoisotopic (exact) mass is 317 g/mol. The molecule has 1 aromatic carbocycles. The van der Waals surface area contributed by atoms with Crippen LogP contribution in [0.4, 0.5) is 5.69 Å². The summed E-state index contributed by atoms with van der Waals surface area (Å²) in [6.45, 7) is 4.85. The van der Waals surface area contributed by atoms with E-state index in [0.29, 0.717) is 12.6 Å². The van der Waals surface area contributed by atoms with Crippen LogP contribution in [-0.2, 0) is 0 Å². The highest BCUT2D eigenvalue weighted by atomic mass is 32.1. The molecule has 1 aliphatic heterocycles. The molecule has 1 saturated heterocycles. The third-order valence-electron chi connectivity index (χ3n) is 4.29. The van der Waals surface area contributed by atoms with Gasteiger partial charge in [0.25, 0.3) is 0 Å². The predicted molar refractivity (Wildman–Crippen MR) is 92.9 cm³/mol. The third kappa shape index (κ3) is 3.27. The average Bonchev–Trinajstić information content (AvgIpc) is 3.11. The van der Waals surface area contributed by atoms with Gasteiger partial charge in [-0.15, -0.1) is 11.3 Å². The van der Waals surface area contributed by atoms with Crippen molar-refractivity contribution in [3.8, 4) is 5.75 Å². The molecule has 1 atom stereocenters. The highest BCUT2D eigenvalue weighted by Gasteiger charge is 2.24. The summed E-state index contributed by atoms with van der Waals surface area (Å²) in [4.78, 5) is 6.31. The first-order chi connectivity index (χ1) is 10.8. The van der Waals surface area contributed by atoms with Crippen LogP contribution in [-0.4, -0.2) is 44.7 Å². The number of methoxy groups -OCH3 is 1. The molecular weight excluding hydrogens is 294 g/mol. The second-order valence-electron chi connectivity index (χ2n) is 5.49. The topological polar surface area (TPSA) is 41.7 Å². The quantitative estimate of drug-likeness (QED) is 0.920. The first-order valence-electron chi connectivity index (χ1n) is 7.68. The van der Waals surface area contributed by atoms with Crippen molar-refractivity contribution in [1.29, 1.82) is 0 Å². The van der Waals surface area contributed by atoms with Crippen molar-refractivity contribution in [2.75, 3.05) is 44.7 Å². The maximum absolute atomic E-state index is 6.01. The van der Waals surface area contributed by atoms with E-state index in [1.165, 1.54) is 10.6 Å². The molecule has 22 heavy (non-hydrogen) atoms. The number of thiophene rings is 1. The molecule has 5 heteroatoms. The molecule has 0 amide bonds. The lowest BCUT2D eigenvalue weighted by Crippen LogP contribution is -2.49. The van der Waals surface area contributed by atoms with Crippen LogP contribution in [0.15, 0.2) is 41.8 Å². The Bertz CT molecular complexity index is 562. The molecule has 1 aliphatic rings. The van der Waals surface area contributed by atoms with Gasteiger partial charge in [0.05, 0.1) is 13.2 Å². The van der Waals surface area contributed by atoms with Crippen molar-refractivity contribution in [2.24, 2.45) is 5.73 Å². The van der Waals surface area contributed by atoms with Crippen molar-refractivity contribution in [2.45, 2.75) is 6.04 Å². The number of nitrogens with zero attached hydrogens (tertiary/aromatic N) is 2. The number of hydrogen-bond donors (Lipinski definition) is 1. The summed E-state index contributed by atoms with van der Waals surface area (Å²) in [5.41, 5.74) is 7.27. The lowest BCUT2D eigenvalue weighted by molar-refractivity contribution is 0.193. The molecule has 0 saturated carbocycles. The Labute approximate surface area is 136 Å². The SMILES string of the molecule is COc1ccc(N2CCN([C@@H](CN)c3cccs3)CC2)cc1. The molecule has 0 bridgehead atoms. The van der Waals surface area contributed by atoms with E-state index in [9.17, 15) is 0 Å². The summed E-state index contributed by atoms with van der Waals surface area (Å²) in [6.07, 6.45) is 0. The van der Waals surface area contributed by atoms with Crippen LogP contribution in [0.5, 0.6) is 5.75 Å². The Kier molecular flexibility index (Phi) is 4.97. The normalized spacial score (nSPS) is 17.5. The largest absolute Gasteiger partial charge is 0.497 e. The molecule has 2 heterocycles. The van der Waals surface area contributed by atoms with Crippen molar-refractivity contribution < 1.29 is 4.74 Å². The zero-order valence-electron chi connectivity index (χ0n) is 12.9. The van der Waals surface area contributed by atoms with E-state index in [1.54, 1.807) is 18.4 Å². The van der Waals surface area contributed by atoms with E-state index in [-0.39, 0.29) is 0 Å². The lowest BCUT2D eigenvalue weighted by atomic mass is 10.1. The fraction of sp³-hybridized carbons (Fsp3) is 0.412. The molecule has 3 rings (SSSR count). The van der Waals surface area contributed by atoms with Crippen LogP contribution >= 0.6 is 11.3 Å². The predicted octanol–water partition coefficient (Wildman–Crippen LogP) is 2.58. The van der Waals surface area contributed by atoms with Crippen molar-refractivity contribution in [3.63, 3.8) is 0 Å². The third-order valence-corrected chi connectivity index (χ3v) is 5.26. The summed E-state index contributed by atoms with van der Waals surface area (Å²) in [5.74, 6) is 0.906. The number of ether oxygens (including phenoxy) is 1. The van der Waals surface area contributed by atoms with E-state index in [1.807, 2.05) is 12.1 Å². The molecule has 0 radical (unpaired) electrons. The summed E-state index contributed by atoms with van der Waals surface area (Å²) in [6, 6.07) is 13.0. The molecule has 0 spiro atoms.